The molecule has 0 aliphatic heterocycles. The molecular formula is H12BNaO3. The predicted octanol–water partition coefficient (Wildman–Crippen LogP) is -4.45. The molecule has 0 radical (unpaired) electrons. The molecule has 0 aliphatic rings. The van der Waals surface area contributed by atoms with E-state index in [4.69, 9.17) is 15.1 Å². The third-order valence-corrected chi connectivity index (χ3v) is 0. The first-order chi connectivity index (χ1) is 1.73. The van der Waals surface area contributed by atoms with Gasteiger partial charge in [0.2, 0.25) is 0 Å². The fourth-order valence-corrected chi connectivity index (χ4v) is 0. The maximum absolute atomic E-state index is 8.64. The number of hydrogen-bond acceptors (Lipinski definition) is 3. The van der Waals surface area contributed by atoms with E-state index in [0.717, 1.165) is 0 Å². The summed E-state index contributed by atoms with van der Waals surface area (Å²) in [6, 6.07) is 0. The summed E-state index contributed by atoms with van der Waals surface area (Å²) in [4.78, 5) is 0. The topological polar surface area (TPSA) is 63.5 Å². The monoisotopic (exact) mass is 94.1 g/mol. The van der Waals surface area contributed by atoms with E-state index < -0.39 is 7.32 Å². The maximum Gasteiger partial charge on any atom is 1.00 e. The molecule has 34 valence electrons. The molecule has 0 unspecified atom stereocenters. The molecule has 0 atom stereocenters. The van der Waals surface area contributed by atoms with Crippen molar-refractivity contribution < 1.29 is 51.8 Å². The van der Waals surface area contributed by atoms with Crippen LogP contribution in [0.15, 0.2) is 0 Å². The van der Waals surface area contributed by atoms with Crippen molar-refractivity contribution in [1.29, 1.82) is 0 Å². The molecular weight excluding hydrogens is 81.8 g/mol. The van der Waals surface area contributed by atoms with Crippen LogP contribution in [0.5, 0.6) is 0 Å². The molecule has 0 aromatic rings. The Bertz CT molecular complexity index is 21.6. The minimum Gasteiger partial charge on any atom is -0.832 e. The van der Waals surface area contributed by atoms with Gasteiger partial charge in [-0.05, 0) is 0 Å². The van der Waals surface area contributed by atoms with Gasteiger partial charge in [-0.25, -0.2) is 0 Å². The predicted molar refractivity (Wildman–Crippen MR) is 20.8 cm³/mol. The van der Waals surface area contributed by atoms with Crippen LogP contribution in [0.1, 0.15) is 7.13 Å². The first-order valence-corrected chi connectivity index (χ1v) is 0.752. The average Bonchev–Trinajstić information content (AvgIpc) is 0.811. The van der Waals surface area contributed by atoms with Gasteiger partial charge in [0.1, 0.15) is 0 Å². The molecule has 0 heterocycles. The van der Waals surface area contributed by atoms with Crippen LogP contribution in [0.25, 0.3) is 0 Å². The SMILES string of the molecule is [HH].[HH].[HH].[HH].[HH].[Na+].[O-]B(O)O. The summed E-state index contributed by atoms with van der Waals surface area (Å²) in [7, 11) is -2.42. The second kappa shape index (κ2) is 4.94. The van der Waals surface area contributed by atoms with Gasteiger partial charge in [0.15, 0.2) is 0 Å². The standard InChI is InChI=1S/BH2O3.Na.5H2/c2-1(3)4;;;;;;/h2-3H;;5*1H/q-1;+1;;;;;. The molecule has 0 rings (SSSR count). The first kappa shape index (κ1) is 9.34. The van der Waals surface area contributed by atoms with E-state index in [1.165, 1.54) is 0 Å². The average molecular weight is 93.9 g/mol. The minimum absolute atomic E-state index is 0. The van der Waals surface area contributed by atoms with Crippen molar-refractivity contribution in [2.24, 2.45) is 0 Å². The van der Waals surface area contributed by atoms with Gasteiger partial charge in [-0.1, -0.05) is 0 Å². The van der Waals surface area contributed by atoms with E-state index in [1.807, 2.05) is 0 Å². The van der Waals surface area contributed by atoms with Gasteiger partial charge in [0, 0.05) is 7.13 Å². The van der Waals surface area contributed by atoms with Crippen molar-refractivity contribution in [3.05, 3.63) is 0 Å². The molecule has 0 spiro atoms. The molecule has 3 nitrogen and oxygen atoms in total. The summed E-state index contributed by atoms with van der Waals surface area (Å²) >= 11 is 0. The van der Waals surface area contributed by atoms with Gasteiger partial charge < -0.3 is 15.1 Å². The Kier molecular flexibility index (Phi) is 9.24. The smallest absolute Gasteiger partial charge is 0.832 e. The van der Waals surface area contributed by atoms with Crippen LogP contribution < -0.4 is 34.6 Å². The third kappa shape index (κ3) is 48.0. The Morgan fingerprint density at radius 1 is 1.60 bits per heavy atom. The van der Waals surface area contributed by atoms with Crippen LogP contribution in [0, 0.1) is 0 Å². The van der Waals surface area contributed by atoms with Gasteiger partial charge in [-0.3, -0.25) is 0 Å². The molecule has 5 heteroatoms. The van der Waals surface area contributed by atoms with E-state index in [0.29, 0.717) is 0 Å². The Labute approximate surface area is 59.5 Å². The van der Waals surface area contributed by atoms with Gasteiger partial charge in [-0.15, -0.1) is 0 Å². The van der Waals surface area contributed by atoms with Crippen LogP contribution in [-0.4, -0.2) is 17.4 Å². The van der Waals surface area contributed by atoms with Crippen LogP contribution in [0.4, 0.5) is 0 Å². The molecule has 5 heavy (non-hydrogen) atoms. The van der Waals surface area contributed by atoms with E-state index in [1.54, 1.807) is 0 Å². The van der Waals surface area contributed by atoms with Crippen LogP contribution in [0.2, 0.25) is 0 Å². The van der Waals surface area contributed by atoms with E-state index in [9.17, 15) is 0 Å². The Balaban J connectivity index is -0.00000000300. The molecule has 0 bridgehead atoms. The van der Waals surface area contributed by atoms with Gasteiger partial charge in [0.25, 0.3) is 0 Å². The van der Waals surface area contributed by atoms with Gasteiger partial charge in [0.05, 0.1) is 0 Å². The Morgan fingerprint density at radius 3 is 1.60 bits per heavy atom. The zero-order valence-corrected chi connectivity index (χ0v) is 4.88. The van der Waals surface area contributed by atoms with E-state index in [-0.39, 0.29) is 36.7 Å². The fourth-order valence-electron chi connectivity index (χ4n) is 0. The molecule has 0 aromatic carbocycles. The van der Waals surface area contributed by atoms with E-state index in [2.05, 4.69) is 0 Å². The van der Waals surface area contributed by atoms with Crippen LogP contribution >= 0.6 is 0 Å². The van der Waals surface area contributed by atoms with Crippen molar-refractivity contribution in [3.8, 4) is 0 Å². The molecule has 2 N–H and O–H groups in total. The minimum atomic E-state index is -2.42. The van der Waals surface area contributed by atoms with Gasteiger partial charge in [-0.2, -0.15) is 0 Å². The number of rotatable bonds is 0. The summed E-state index contributed by atoms with van der Waals surface area (Å²) in [5, 5.41) is 22.8. The quantitative estimate of drug-likeness (QED) is 0.297. The molecule has 0 fully saturated rings. The summed E-state index contributed by atoms with van der Waals surface area (Å²) in [5.74, 6) is 0. The third-order valence-electron chi connectivity index (χ3n) is 0. The van der Waals surface area contributed by atoms with Crippen molar-refractivity contribution in [3.63, 3.8) is 0 Å². The zero-order valence-electron chi connectivity index (χ0n) is 2.88. The summed E-state index contributed by atoms with van der Waals surface area (Å²) in [6.45, 7) is 0. The normalized spacial score (nSPS) is 5.40. The number of hydrogen-bond donors (Lipinski definition) is 2. The molecule has 0 aliphatic carbocycles. The Morgan fingerprint density at radius 2 is 1.60 bits per heavy atom. The summed E-state index contributed by atoms with van der Waals surface area (Å²) < 4.78 is 0. The van der Waals surface area contributed by atoms with Gasteiger partial charge >= 0.3 is 36.9 Å². The van der Waals surface area contributed by atoms with Crippen LogP contribution in [0.3, 0.4) is 0 Å². The van der Waals surface area contributed by atoms with Crippen molar-refractivity contribution in [2.75, 3.05) is 0 Å². The Hall–Kier alpha value is 0.945. The molecule has 0 saturated carbocycles. The summed E-state index contributed by atoms with van der Waals surface area (Å²) in [5.41, 5.74) is 0. The second-order valence-corrected chi connectivity index (χ2v) is 0.326. The van der Waals surface area contributed by atoms with E-state index >= 15 is 0 Å². The zero-order chi connectivity index (χ0) is 3.58. The maximum atomic E-state index is 8.64. The van der Waals surface area contributed by atoms with Crippen molar-refractivity contribution in [1.82, 2.24) is 0 Å². The summed E-state index contributed by atoms with van der Waals surface area (Å²) in [6.07, 6.45) is 0. The molecule has 0 saturated heterocycles. The molecule has 0 amide bonds. The van der Waals surface area contributed by atoms with Crippen LogP contribution in [-0.2, 0) is 0 Å². The second-order valence-electron chi connectivity index (χ2n) is 0.326. The largest absolute Gasteiger partial charge is 1.00 e. The first-order valence-electron chi connectivity index (χ1n) is 0.752. The van der Waals surface area contributed by atoms with Crippen molar-refractivity contribution in [2.45, 2.75) is 0 Å². The molecule has 0 aromatic heterocycles. The van der Waals surface area contributed by atoms with Crippen molar-refractivity contribution >= 4 is 7.32 Å². The fraction of sp³-hybridized carbons (Fsp3) is 0.